The zero-order chi connectivity index (χ0) is 89.5. The molecule has 3 aliphatic heterocycles. The van der Waals surface area contributed by atoms with Gasteiger partial charge in [-0.25, -0.2) is 9.59 Å². The van der Waals surface area contributed by atoms with Crippen LogP contribution in [0.4, 0.5) is 0 Å². The van der Waals surface area contributed by atoms with Gasteiger partial charge < -0.3 is 59.1 Å². The summed E-state index contributed by atoms with van der Waals surface area (Å²) < 4.78 is 34.7. The van der Waals surface area contributed by atoms with Gasteiger partial charge in [0, 0.05) is 94.9 Å². The second kappa shape index (κ2) is 39.8. The van der Waals surface area contributed by atoms with Crippen LogP contribution in [0.5, 0.6) is 23.0 Å². The molecule has 22 heteroatoms. The van der Waals surface area contributed by atoms with Gasteiger partial charge in [-0.3, -0.25) is 33.5 Å². The van der Waals surface area contributed by atoms with Gasteiger partial charge >= 0.3 is 11.7 Å². The first-order valence-electron chi connectivity index (χ1n) is 43.6. The molecule has 2 fully saturated rings. The van der Waals surface area contributed by atoms with Gasteiger partial charge in [-0.2, -0.15) is 5.26 Å². The van der Waals surface area contributed by atoms with Crippen molar-refractivity contribution in [1.29, 1.82) is 5.26 Å². The van der Waals surface area contributed by atoms with Crippen molar-refractivity contribution in [2.45, 2.75) is 249 Å². The topological polar surface area (TPSA) is 336 Å². The van der Waals surface area contributed by atoms with E-state index in [2.05, 4.69) is 88.8 Å². The molecule has 12 rings (SSSR count). The number of ketones is 2. The Morgan fingerprint density at radius 3 is 2.03 bits per heavy atom. The van der Waals surface area contributed by atoms with E-state index in [0.717, 1.165) is 93.7 Å². The number of nitrogens with zero attached hydrogens (tertiary/aromatic N) is 5. The summed E-state index contributed by atoms with van der Waals surface area (Å²) in [6.45, 7) is 33.9. The Bertz CT molecular complexity index is 5490. The number of aliphatic hydroxyl groups excluding tert-OH is 3. The summed E-state index contributed by atoms with van der Waals surface area (Å²) in [6, 6.07) is 29.0. The van der Waals surface area contributed by atoms with E-state index in [0.29, 0.717) is 55.1 Å². The largest absolute Gasteiger partial charge is 0.507 e. The van der Waals surface area contributed by atoms with Gasteiger partial charge in [-0.15, -0.1) is 0 Å². The van der Waals surface area contributed by atoms with E-state index in [1.165, 1.54) is 39.2 Å². The predicted octanol–water partition coefficient (Wildman–Crippen LogP) is 18.3. The number of allylic oxidation sites excluding steroid dienone is 5. The van der Waals surface area contributed by atoms with Gasteiger partial charge in [0.25, 0.3) is 0 Å². The number of aromatic hydroxyl groups is 3. The van der Waals surface area contributed by atoms with E-state index in [1.807, 2.05) is 114 Å². The fraction of sp³-hybridized carbons (Fsp3) is 0.520. The van der Waals surface area contributed by atoms with Crippen molar-refractivity contribution in [3.8, 4) is 45.9 Å². The van der Waals surface area contributed by atoms with E-state index in [4.69, 9.17) is 23.4 Å². The molecule has 22 nitrogen and oxygen atoms in total. The molecule has 0 radical (unpaired) electrons. The summed E-state index contributed by atoms with van der Waals surface area (Å²) in [5, 5.41) is 87.4. The molecule has 5 aromatic carbocycles. The highest BCUT2D eigenvalue weighted by atomic mass is 16.7. The van der Waals surface area contributed by atoms with E-state index >= 15 is 0 Å². The minimum absolute atomic E-state index is 0.0394. The number of phenolic OH excluding ortho intramolecular Hbond substituents is 3. The molecule has 9 aromatic rings. The summed E-state index contributed by atoms with van der Waals surface area (Å²) in [5.74, 6) is -5.20. The number of phenols is 3. The zero-order valence-corrected chi connectivity index (χ0v) is 74.8. The number of aryl methyl sites for hydroxylation is 2. The van der Waals surface area contributed by atoms with Crippen molar-refractivity contribution < 1.29 is 73.5 Å². The summed E-state index contributed by atoms with van der Waals surface area (Å²) in [4.78, 5) is 77.0. The molecule has 2 unspecified atom stereocenters. The molecule has 2 bridgehead atoms. The molecule has 7 N–H and O–H groups in total. The van der Waals surface area contributed by atoms with Crippen LogP contribution in [0, 0.1) is 82.3 Å². The number of benzene rings is 5. The van der Waals surface area contributed by atoms with E-state index in [9.17, 15) is 65.0 Å². The molecule has 0 saturated carbocycles. The van der Waals surface area contributed by atoms with Crippen LogP contribution in [0.2, 0.25) is 0 Å². The lowest BCUT2D eigenvalue weighted by atomic mass is 9.73. The minimum atomic E-state index is -2.13. The van der Waals surface area contributed by atoms with E-state index < -0.39 is 82.1 Å². The van der Waals surface area contributed by atoms with Crippen LogP contribution in [0.25, 0.3) is 71.6 Å². The number of rotatable bonds is 13. The molecule has 2 saturated heterocycles. The molecule has 122 heavy (non-hydrogen) atoms. The van der Waals surface area contributed by atoms with Crippen molar-refractivity contribution in [3.63, 3.8) is 0 Å². The van der Waals surface area contributed by atoms with Crippen LogP contribution in [0.3, 0.4) is 0 Å². The maximum Gasteiger partial charge on any atom is 0.333 e. The maximum absolute atomic E-state index is 13.7. The number of hydrogen-bond acceptors (Lipinski definition) is 20. The van der Waals surface area contributed by atoms with Crippen molar-refractivity contribution in [2.24, 2.45) is 78.1 Å². The first-order chi connectivity index (χ1) is 57.6. The first kappa shape index (κ1) is 94.4. The molecule has 1 spiro atoms. The highest BCUT2D eigenvalue weighted by molar-refractivity contribution is 6.05. The fourth-order valence-electron chi connectivity index (χ4n) is 17.7. The summed E-state index contributed by atoms with van der Waals surface area (Å²) in [7, 11) is 3.21. The van der Waals surface area contributed by atoms with Gasteiger partial charge in [-0.05, 0) is 181 Å². The number of fused-ring (bicyclic) bond motifs is 8. The van der Waals surface area contributed by atoms with Gasteiger partial charge in [0.05, 0.1) is 88.5 Å². The Labute approximate surface area is 717 Å². The average molecular weight is 1670 g/mol. The van der Waals surface area contributed by atoms with Gasteiger partial charge in [0.2, 0.25) is 5.43 Å². The number of methoxy groups -OCH3 is 1. The van der Waals surface area contributed by atoms with Gasteiger partial charge in [0.1, 0.15) is 45.5 Å². The van der Waals surface area contributed by atoms with Crippen LogP contribution in [0.15, 0.2) is 148 Å². The van der Waals surface area contributed by atoms with Crippen molar-refractivity contribution in [2.75, 3.05) is 7.11 Å². The molecule has 7 heterocycles. The van der Waals surface area contributed by atoms with E-state index in [-0.39, 0.29) is 104 Å². The average Bonchev–Trinajstić information content (AvgIpc) is 1.72. The number of carbonyl (C=O) groups excluding carboxylic acids is 3. The second-order valence-electron chi connectivity index (χ2n) is 36.6. The molecule has 18 atom stereocenters. The molecule has 0 amide bonds. The Balaban J connectivity index is 0.000000203. The van der Waals surface area contributed by atoms with Gasteiger partial charge in [-0.1, -0.05) is 164 Å². The SMILES string of the molecule is CC[C@@H]1/C=C/C=C/C[C@H](C)[C@@H](O)[C@](C)(O)C(=O)[C@H](C)[C@@H](O)[C@H](C)C(=O)[C@H](C)[C@@H](C)[C@H](C)/C=C/C(=O)O[C@H]2[C@@H](C)[C@@H](CC1)O[C@@]1(CC[C@@H](C)C(CC(C)O)O1)[C@@H]2C.COc1c(O)cc2oc3cc(O)c(CCC(C)C)c(O)c3c(=O)c2c1CCC(C)C.Cn1c(=O)n(-c2ccc(C(C)(C)C#N)cc2)c2c3cc(-c4cnc5ccccc5c4)ccc3ncc21. The number of aliphatic hydroxyl groups is 4. The molecule has 0 aliphatic carbocycles. The van der Waals surface area contributed by atoms with Crippen molar-refractivity contribution >= 4 is 72.3 Å². The second-order valence-corrected chi connectivity index (χ2v) is 36.6. The van der Waals surface area contributed by atoms with Crippen LogP contribution >= 0.6 is 0 Å². The normalized spacial score (nSPS) is 27.9. The summed E-state index contributed by atoms with van der Waals surface area (Å²) in [6.07, 6.45) is 18.0. The Hall–Kier alpha value is -9.86. The Kier molecular flexibility index (Phi) is 30.8. The molecular weight excluding hydrogens is 1540 g/mol. The molecule has 3 aliphatic rings. The number of pyridine rings is 2. The smallest absolute Gasteiger partial charge is 0.333 e. The minimum Gasteiger partial charge on any atom is -0.507 e. The lowest BCUT2D eigenvalue weighted by molar-refractivity contribution is -0.371. The maximum atomic E-state index is 13.7. The number of imidazole rings is 1. The number of para-hydroxylation sites is 1. The number of ether oxygens (including phenoxy) is 4. The molecule has 656 valence electrons. The monoisotopic (exact) mass is 1670 g/mol. The lowest BCUT2D eigenvalue weighted by Gasteiger charge is -2.55. The zero-order valence-electron chi connectivity index (χ0n) is 74.8. The predicted molar refractivity (Wildman–Crippen MR) is 479 cm³/mol. The van der Waals surface area contributed by atoms with Crippen LogP contribution < -0.4 is 15.9 Å². The Morgan fingerprint density at radius 1 is 0.721 bits per heavy atom. The molecular formula is C100H129N5O17. The van der Waals surface area contributed by atoms with Crippen molar-refractivity contribution in [3.05, 3.63) is 171 Å². The fourth-order valence-corrected chi connectivity index (χ4v) is 17.7. The quantitative estimate of drug-likeness (QED) is 0.0416. The van der Waals surface area contributed by atoms with Crippen LogP contribution in [0.1, 0.15) is 199 Å². The van der Waals surface area contributed by atoms with E-state index in [1.54, 1.807) is 56.1 Å². The lowest BCUT2D eigenvalue weighted by Crippen LogP contribution is -2.62. The Morgan fingerprint density at radius 2 is 1.38 bits per heavy atom. The number of carbonyl (C=O) groups is 3. The number of Topliss-reactive ketones (excluding diaryl/α,β-unsaturated/α-hetero) is 2. The highest BCUT2D eigenvalue weighted by Gasteiger charge is 2.56. The summed E-state index contributed by atoms with van der Waals surface area (Å²) in [5.41, 5.74) is 4.85. The number of hydrogen-bond donors (Lipinski definition) is 7. The van der Waals surface area contributed by atoms with Crippen LogP contribution in [-0.2, 0) is 53.9 Å². The summed E-state index contributed by atoms with van der Waals surface area (Å²) >= 11 is 0. The van der Waals surface area contributed by atoms with Crippen LogP contribution in [-0.4, -0.2) is 128 Å². The third kappa shape index (κ3) is 20.5. The standard InChI is InChI=1S/C46H76O10.C30H23N5O.C24H30O6/c1-13-36-18-16-14-15-17-28(4)43(51)45(12,53)44(52)34(10)41(50)33(9)40(49)31(7)30(6)26(2)19-22-39(48)54-42-32(8)37(21-20-36)55-46(35(42)11)24-23-27(3)38(56-46)25-29(5)47;1-30(2,18-31)22-9-11-23(12-10-22)35-28-24-15-19(21-14-20-6-4-5-7-25(20)32-16-21)8-13-26(24)33-17-27(28)34(3)29(35)36;1-12(2)6-8-14-16(25)10-19-21(22(14)27)23(28)20-15(9-7-13(3)4)24(29-5)17(26)11-18(20)30-19/h14-16,18-19,22,26-38,41-43,47,50-51,53H,13,17,20-21,23-25H2,1-12H3;4-17H,1-3H3;10-13,25-27H,6-9H2,1-5H3/b15-14+,18-16+,22-19+;;/t26-,27-,28+,29?,30+,31-,32+,33-,34-,35-,36-,37-,38?,41+,42+,43-,45+,46-;;/m1../s1. The number of aromatic nitrogens is 4. The van der Waals surface area contributed by atoms with Gasteiger partial charge in [0.15, 0.2) is 23.1 Å². The third-order valence-corrected chi connectivity index (χ3v) is 26.4. The molecule has 4 aromatic heterocycles. The first-order valence-corrected chi connectivity index (χ1v) is 43.6. The highest BCUT2D eigenvalue weighted by Crippen LogP contribution is 2.50. The third-order valence-electron chi connectivity index (χ3n) is 26.4. The van der Waals surface area contributed by atoms with Crippen molar-refractivity contribution in [1.82, 2.24) is 19.1 Å². The number of esters is 1. The number of nitriles is 1.